The van der Waals surface area contributed by atoms with Gasteiger partial charge in [0.25, 0.3) is 5.91 Å². The molecule has 0 aliphatic heterocycles. The second kappa shape index (κ2) is 11.1. The molecule has 2 rings (SSSR count). The zero-order valence-corrected chi connectivity index (χ0v) is 16.3. The van der Waals surface area contributed by atoms with Gasteiger partial charge in [0.2, 0.25) is 0 Å². The van der Waals surface area contributed by atoms with Crippen molar-refractivity contribution in [2.45, 2.75) is 57.6 Å². The molecule has 1 aromatic rings. The Morgan fingerprint density at radius 2 is 1.93 bits per heavy atom. The van der Waals surface area contributed by atoms with Gasteiger partial charge in [-0.25, -0.2) is 9.59 Å². The van der Waals surface area contributed by atoms with E-state index in [1.807, 2.05) is 30.3 Å². The number of urea groups is 1. The smallest absolute Gasteiger partial charge is 0.329 e. The monoisotopic (exact) mass is 387 g/mol. The Kier molecular flexibility index (Phi) is 8.52. The first-order chi connectivity index (χ1) is 13.5. The molecular weight excluding hydrogens is 358 g/mol. The van der Waals surface area contributed by atoms with Crippen molar-refractivity contribution in [3.63, 3.8) is 0 Å². The Bertz CT molecular complexity index is 703. The summed E-state index contributed by atoms with van der Waals surface area (Å²) >= 11 is 0. The highest BCUT2D eigenvalue weighted by molar-refractivity contribution is 5.87. The van der Waals surface area contributed by atoms with Crippen molar-refractivity contribution in [2.24, 2.45) is 5.73 Å². The summed E-state index contributed by atoms with van der Waals surface area (Å²) in [5, 5.41) is 5.18. The largest absolute Gasteiger partial charge is 0.451 e. The number of carbonyl (C=O) groups excluding carboxylic acids is 3. The third-order valence-corrected chi connectivity index (χ3v) is 4.68. The highest BCUT2D eigenvalue weighted by Crippen LogP contribution is 2.19. The SMILES string of the molecule is C[C@H](OC(=O)[C@H](Cc1ccccc1)NC(N)=O)C(=O)NCCC1=CCCCC1. The van der Waals surface area contributed by atoms with Crippen LogP contribution >= 0.6 is 0 Å². The topological polar surface area (TPSA) is 111 Å². The molecule has 1 aromatic carbocycles. The summed E-state index contributed by atoms with van der Waals surface area (Å²) in [4.78, 5) is 35.9. The first-order valence-corrected chi connectivity index (χ1v) is 9.71. The van der Waals surface area contributed by atoms with Crippen LogP contribution in [-0.2, 0) is 20.7 Å². The van der Waals surface area contributed by atoms with E-state index in [2.05, 4.69) is 16.7 Å². The van der Waals surface area contributed by atoms with Crippen molar-refractivity contribution >= 4 is 17.9 Å². The highest BCUT2D eigenvalue weighted by atomic mass is 16.5. The molecule has 0 heterocycles. The summed E-state index contributed by atoms with van der Waals surface area (Å²) in [5.74, 6) is -1.05. The van der Waals surface area contributed by atoms with E-state index in [1.54, 1.807) is 0 Å². The van der Waals surface area contributed by atoms with Crippen molar-refractivity contribution < 1.29 is 19.1 Å². The van der Waals surface area contributed by atoms with Gasteiger partial charge < -0.3 is 21.1 Å². The molecule has 152 valence electrons. The van der Waals surface area contributed by atoms with Crippen LogP contribution in [0.3, 0.4) is 0 Å². The third-order valence-electron chi connectivity index (χ3n) is 4.68. The molecule has 0 spiro atoms. The van der Waals surface area contributed by atoms with E-state index in [0.717, 1.165) is 24.8 Å². The maximum Gasteiger partial charge on any atom is 0.329 e. The highest BCUT2D eigenvalue weighted by Gasteiger charge is 2.26. The van der Waals surface area contributed by atoms with Gasteiger partial charge in [0.1, 0.15) is 6.04 Å². The van der Waals surface area contributed by atoms with E-state index in [0.29, 0.717) is 6.54 Å². The fraction of sp³-hybridized carbons (Fsp3) is 0.476. The first kappa shape index (κ1) is 21.5. The second-order valence-corrected chi connectivity index (χ2v) is 6.98. The van der Waals surface area contributed by atoms with Gasteiger partial charge in [-0.15, -0.1) is 0 Å². The molecule has 1 aliphatic carbocycles. The van der Waals surface area contributed by atoms with Gasteiger partial charge in [0.15, 0.2) is 6.10 Å². The minimum Gasteiger partial charge on any atom is -0.451 e. The summed E-state index contributed by atoms with van der Waals surface area (Å²) in [5.41, 5.74) is 7.38. The maximum absolute atomic E-state index is 12.4. The number of ether oxygens (including phenoxy) is 1. The molecule has 4 N–H and O–H groups in total. The average Bonchev–Trinajstić information content (AvgIpc) is 2.68. The molecule has 0 saturated carbocycles. The fourth-order valence-corrected chi connectivity index (χ4v) is 3.15. The molecule has 0 aromatic heterocycles. The van der Waals surface area contributed by atoms with E-state index in [4.69, 9.17) is 10.5 Å². The lowest BCUT2D eigenvalue weighted by Gasteiger charge is -2.20. The predicted molar refractivity (Wildman–Crippen MR) is 106 cm³/mol. The van der Waals surface area contributed by atoms with Crippen LogP contribution in [0.5, 0.6) is 0 Å². The molecule has 7 heteroatoms. The van der Waals surface area contributed by atoms with Gasteiger partial charge in [-0.05, 0) is 44.6 Å². The second-order valence-electron chi connectivity index (χ2n) is 6.98. The van der Waals surface area contributed by atoms with Gasteiger partial charge >= 0.3 is 12.0 Å². The Morgan fingerprint density at radius 1 is 1.18 bits per heavy atom. The molecule has 28 heavy (non-hydrogen) atoms. The zero-order valence-electron chi connectivity index (χ0n) is 16.3. The molecule has 0 unspecified atom stereocenters. The number of nitrogens with one attached hydrogen (secondary N) is 2. The van der Waals surface area contributed by atoms with Gasteiger partial charge in [-0.2, -0.15) is 0 Å². The maximum atomic E-state index is 12.4. The number of allylic oxidation sites excluding steroid dienone is 1. The van der Waals surface area contributed by atoms with Crippen molar-refractivity contribution in [1.29, 1.82) is 0 Å². The number of hydrogen-bond acceptors (Lipinski definition) is 4. The molecule has 0 fully saturated rings. The lowest BCUT2D eigenvalue weighted by molar-refractivity contribution is -0.156. The lowest BCUT2D eigenvalue weighted by Crippen LogP contribution is -2.48. The number of esters is 1. The summed E-state index contributed by atoms with van der Waals surface area (Å²) in [6.45, 7) is 2.02. The van der Waals surface area contributed by atoms with Crippen LogP contribution in [0, 0.1) is 0 Å². The standard InChI is InChI=1S/C21H29N3O4/c1-15(19(25)23-13-12-16-8-4-2-5-9-16)28-20(26)18(24-21(22)27)14-17-10-6-3-7-11-17/h3,6-8,10-11,15,18H,2,4-5,9,12-14H2,1H3,(H,23,25)(H3,22,24,27)/t15-,18-/m0/s1. The number of carbonyl (C=O) groups is 3. The molecule has 0 radical (unpaired) electrons. The van der Waals surface area contributed by atoms with Crippen LogP contribution in [0.4, 0.5) is 4.79 Å². The molecule has 3 amide bonds. The molecule has 0 saturated heterocycles. The number of nitrogens with two attached hydrogens (primary N) is 1. The summed E-state index contributed by atoms with van der Waals surface area (Å²) in [6, 6.07) is 7.41. The number of primary amides is 1. The predicted octanol–water partition coefficient (Wildman–Crippen LogP) is 2.20. The van der Waals surface area contributed by atoms with Crippen molar-refractivity contribution in [1.82, 2.24) is 10.6 Å². The molecule has 1 aliphatic rings. The van der Waals surface area contributed by atoms with E-state index in [-0.39, 0.29) is 12.3 Å². The van der Waals surface area contributed by atoms with Crippen LogP contribution in [0.25, 0.3) is 0 Å². The van der Waals surface area contributed by atoms with Crippen molar-refractivity contribution in [3.8, 4) is 0 Å². The lowest BCUT2D eigenvalue weighted by atomic mass is 9.97. The molecule has 7 nitrogen and oxygen atoms in total. The van der Waals surface area contributed by atoms with Crippen LogP contribution < -0.4 is 16.4 Å². The quantitative estimate of drug-likeness (QED) is 0.446. The zero-order chi connectivity index (χ0) is 20.4. The van der Waals surface area contributed by atoms with E-state index in [1.165, 1.54) is 25.3 Å². The summed E-state index contributed by atoms with van der Waals surface area (Å²) < 4.78 is 5.25. The minimum atomic E-state index is -0.958. The van der Waals surface area contributed by atoms with E-state index in [9.17, 15) is 14.4 Å². The number of rotatable bonds is 9. The molecule has 2 atom stereocenters. The van der Waals surface area contributed by atoms with E-state index < -0.39 is 24.1 Å². The van der Waals surface area contributed by atoms with Gasteiger partial charge in [0, 0.05) is 13.0 Å². The minimum absolute atomic E-state index is 0.227. The van der Waals surface area contributed by atoms with Gasteiger partial charge in [-0.3, -0.25) is 4.79 Å². The van der Waals surface area contributed by atoms with Crippen LogP contribution in [0.2, 0.25) is 0 Å². The Balaban J connectivity index is 1.83. The Hall–Kier alpha value is -2.83. The molecular formula is C21H29N3O4. The number of hydrogen-bond donors (Lipinski definition) is 3. The Morgan fingerprint density at radius 3 is 2.57 bits per heavy atom. The van der Waals surface area contributed by atoms with Gasteiger partial charge in [0.05, 0.1) is 0 Å². The fourth-order valence-electron chi connectivity index (χ4n) is 3.15. The Labute approximate surface area is 165 Å². The van der Waals surface area contributed by atoms with Crippen molar-refractivity contribution in [2.75, 3.05) is 6.54 Å². The normalized spacial score (nSPS) is 15.7. The summed E-state index contributed by atoms with van der Waals surface area (Å²) in [6.07, 6.45) is 6.93. The van der Waals surface area contributed by atoms with Crippen LogP contribution in [0.1, 0.15) is 44.6 Å². The summed E-state index contributed by atoms with van der Waals surface area (Å²) in [7, 11) is 0. The van der Waals surface area contributed by atoms with Gasteiger partial charge in [-0.1, -0.05) is 42.0 Å². The van der Waals surface area contributed by atoms with E-state index >= 15 is 0 Å². The van der Waals surface area contributed by atoms with Crippen LogP contribution in [0.15, 0.2) is 42.0 Å². The average molecular weight is 387 g/mol. The van der Waals surface area contributed by atoms with Crippen LogP contribution in [-0.4, -0.2) is 36.6 Å². The molecule has 0 bridgehead atoms. The van der Waals surface area contributed by atoms with Crippen molar-refractivity contribution in [3.05, 3.63) is 47.5 Å². The third kappa shape index (κ3) is 7.42. The first-order valence-electron chi connectivity index (χ1n) is 9.71. The number of benzene rings is 1. The number of amides is 3.